The van der Waals surface area contributed by atoms with Crippen molar-refractivity contribution in [2.75, 3.05) is 5.32 Å². The van der Waals surface area contributed by atoms with Crippen molar-refractivity contribution in [2.24, 2.45) is 5.73 Å². The average molecular weight is 512 g/mol. The summed E-state index contributed by atoms with van der Waals surface area (Å²) < 4.78 is 21.4. The topological polar surface area (TPSA) is 125 Å². The van der Waals surface area contributed by atoms with Crippen LogP contribution in [0.5, 0.6) is 0 Å². The molecule has 35 heavy (non-hydrogen) atoms. The Kier molecular flexibility index (Phi) is 5.83. The molecule has 0 unspecified atom stereocenters. The molecule has 0 atom stereocenters. The number of amides is 1. The molecule has 3 N–H and O–H groups in total. The van der Waals surface area contributed by atoms with E-state index in [4.69, 9.17) is 33.5 Å². The van der Waals surface area contributed by atoms with Gasteiger partial charge in [-0.1, -0.05) is 40.5 Å². The number of hydrogen-bond donors (Lipinski definition) is 2. The number of imidazole rings is 1. The summed E-state index contributed by atoms with van der Waals surface area (Å²) in [6.07, 6.45) is 1.48. The number of para-hydroxylation sites is 2. The Hall–Kier alpha value is -4.02. The molecule has 5 aromatic rings. The van der Waals surface area contributed by atoms with Crippen LogP contribution in [0.25, 0.3) is 33.5 Å². The van der Waals surface area contributed by atoms with E-state index in [0.717, 1.165) is 0 Å². The number of nitrogens with zero attached hydrogens (tertiary/aromatic N) is 5. The van der Waals surface area contributed by atoms with Gasteiger partial charge in [-0.15, -0.1) is 0 Å². The van der Waals surface area contributed by atoms with E-state index in [9.17, 15) is 4.79 Å². The summed E-state index contributed by atoms with van der Waals surface area (Å²) in [5, 5.41) is 7.49. The molecular weight excluding hydrogens is 496 g/mol. The predicted octanol–water partition coefficient (Wildman–Crippen LogP) is 5.44. The maximum Gasteiger partial charge on any atom is 0.326 e. The van der Waals surface area contributed by atoms with Crippen LogP contribution >= 0.6 is 23.2 Å². The lowest BCUT2D eigenvalue weighted by atomic mass is 10.00. The fourth-order valence-corrected chi connectivity index (χ4v) is 4.28. The van der Waals surface area contributed by atoms with Crippen molar-refractivity contribution in [3.05, 3.63) is 76.1 Å². The van der Waals surface area contributed by atoms with Gasteiger partial charge in [0.05, 0.1) is 28.3 Å². The predicted molar refractivity (Wildman–Crippen MR) is 130 cm³/mol. The number of pyridine rings is 1. The molecule has 1 amide bonds. The molecule has 9 nitrogen and oxygen atoms in total. The number of primary amides is 1. The number of halogens is 3. The summed E-state index contributed by atoms with van der Waals surface area (Å²) in [5.41, 5.74) is 8.06. The van der Waals surface area contributed by atoms with E-state index in [-0.39, 0.29) is 29.0 Å². The molecule has 0 aliphatic carbocycles. The van der Waals surface area contributed by atoms with E-state index in [1.54, 1.807) is 43.3 Å². The van der Waals surface area contributed by atoms with Crippen molar-refractivity contribution < 1.29 is 13.7 Å². The molecule has 0 fully saturated rings. The van der Waals surface area contributed by atoms with Gasteiger partial charge < -0.3 is 15.6 Å². The molecule has 0 radical (unpaired) electrons. The van der Waals surface area contributed by atoms with Gasteiger partial charge in [-0.05, 0) is 35.9 Å². The number of nitrogens with one attached hydrogen (secondary N) is 1. The molecule has 0 bridgehead atoms. The number of rotatable bonds is 5. The first-order valence-electron chi connectivity index (χ1n) is 10.3. The van der Waals surface area contributed by atoms with E-state index < -0.39 is 11.8 Å². The summed E-state index contributed by atoms with van der Waals surface area (Å²) in [5.74, 6) is 0.184. The van der Waals surface area contributed by atoms with E-state index in [1.165, 1.54) is 16.8 Å². The molecular formula is C23H16Cl2FN7O2. The van der Waals surface area contributed by atoms with Gasteiger partial charge in [0.2, 0.25) is 17.7 Å². The number of carbonyl (C=O) groups excluding carboxylic acids is 1. The first-order valence-corrected chi connectivity index (χ1v) is 11.0. The smallest absolute Gasteiger partial charge is 0.326 e. The zero-order valence-electron chi connectivity index (χ0n) is 18.1. The number of fused-ring (bicyclic) bond motifs is 1. The largest absolute Gasteiger partial charge is 0.351 e. The fourth-order valence-electron chi connectivity index (χ4n) is 3.70. The number of aromatic nitrogens is 5. The zero-order valence-corrected chi connectivity index (χ0v) is 19.6. The van der Waals surface area contributed by atoms with Crippen LogP contribution in [0.15, 0.2) is 53.2 Å². The van der Waals surface area contributed by atoms with Crippen molar-refractivity contribution in [1.29, 1.82) is 0 Å². The summed E-state index contributed by atoms with van der Waals surface area (Å²) in [6.45, 7) is 1.60. The molecule has 176 valence electrons. The molecule has 0 aliphatic heterocycles. The lowest BCUT2D eigenvalue weighted by Gasteiger charge is -2.12. The number of nitrogens with two attached hydrogens (primary N) is 1. The van der Waals surface area contributed by atoms with Crippen LogP contribution in [-0.4, -0.2) is 30.7 Å². The third-order valence-electron chi connectivity index (χ3n) is 5.23. The molecule has 0 aliphatic rings. The number of anilines is 1. The van der Waals surface area contributed by atoms with Crippen LogP contribution < -0.4 is 11.1 Å². The zero-order chi connectivity index (χ0) is 24.7. The third-order valence-corrected chi connectivity index (χ3v) is 5.75. The average Bonchev–Trinajstić information content (AvgIpc) is 3.40. The Morgan fingerprint density at radius 1 is 1.20 bits per heavy atom. The van der Waals surface area contributed by atoms with Crippen LogP contribution in [0.1, 0.15) is 11.6 Å². The van der Waals surface area contributed by atoms with Gasteiger partial charge in [0.25, 0.3) is 0 Å². The van der Waals surface area contributed by atoms with E-state index in [0.29, 0.717) is 38.6 Å². The Bertz CT molecular complexity index is 1600. The minimum absolute atomic E-state index is 0.0457. The quantitative estimate of drug-likeness (QED) is 0.321. The maximum atomic E-state index is 15.1. The monoisotopic (exact) mass is 511 g/mol. The Balaban J connectivity index is 1.48. The second-order valence-corrected chi connectivity index (χ2v) is 8.39. The molecule has 5 rings (SSSR count). The number of benzene rings is 2. The Morgan fingerprint density at radius 3 is 2.71 bits per heavy atom. The Morgan fingerprint density at radius 2 is 2.00 bits per heavy atom. The first kappa shape index (κ1) is 22.8. The van der Waals surface area contributed by atoms with Crippen LogP contribution in [0.2, 0.25) is 10.0 Å². The number of aryl methyl sites for hydroxylation is 1. The van der Waals surface area contributed by atoms with Crippen molar-refractivity contribution in [3.63, 3.8) is 0 Å². The molecule has 0 saturated carbocycles. The summed E-state index contributed by atoms with van der Waals surface area (Å²) in [7, 11) is 0. The third kappa shape index (κ3) is 4.29. The lowest BCUT2D eigenvalue weighted by Crippen LogP contribution is -2.22. The minimum atomic E-state index is -0.716. The van der Waals surface area contributed by atoms with Crippen molar-refractivity contribution in [1.82, 2.24) is 24.7 Å². The van der Waals surface area contributed by atoms with Crippen LogP contribution in [0.3, 0.4) is 0 Å². The highest BCUT2D eigenvalue weighted by Gasteiger charge is 2.20. The normalized spacial score (nSPS) is 11.2. The lowest BCUT2D eigenvalue weighted by molar-refractivity contribution is 0.251. The highest BCUT2D eigenvalue weighted by atomic mass is 35.5. The number of hydrogen-bond acceptors (Lipinski definition) is 7. The minimum Gasteiger partial charge on any atom is -0.351 e. The van der Waals surface area contributed by atoms with Gasteiger partial charge >= 0.3 is 6.03 Å². The summed E-state index contributed by atoms with van der Waals surface area (Å²) >= 11 is 12.6. The van der Waals surface area contributed by atoms with E-state index in [1.807, 2.05) is 0 Å². The second-order valence-electron chi connectivity index (χ2n) is 7.55. The van der Waals surface area contributed by atoms with E-state index in [2.05, 4.69) is 25.4 Å². The van der Waals surface area contributed by atoms with Crippen LogP contribution in [-0.2, 0) is 6.54 Å². The van der Waals surface area contributed by atoms with Gasteiger partial charge in [0, 0.05) is 29.3 Å². The first-order chi connectivity index (χ1) is 16.8. The van der Waals surface area contributed by atoms with Crippen LogP contribution in [0, 0.1) is 12.7 Å². The van der Waals surface area contributed by atoms with Crippen LogP contribution in [0.4, 0.5) is 15.1 Å². The van der Waals surface area contributed by atoms with Gasteiger partial charge in [-0.2, -0.15) is 4.98 Å². The fraction of sp³-hybridized carbons (Fsp3) is 0.0870. The van der Waals surface area contributed by atoms with Gasteiger partial charge in [0.15, 0.2) is 0 Å². The maximum absolute atomic E-state index is 15.1. The summed E-state index contributed by atoms with van der Waals surface area (Å²) in [6, 6.07) is 10.8. The molecule has 0 spiro atoms. The highest BCUT2D eigenvalue weighted by molar-refractivity contribution is 6.37. The highest BCUT2D eigenvalue weighted by Crippen LogP contribution is 2.39. The molecule has 2 aromatic carbocycles. The molecule has 0 saturated heterocycles. The standard InChI is InChI=1S/C23H16Cl2FN7O2/c1-11-30-21(32-35-11)20-14(7-13(24)8-15(20)25)12-6-16(26)18(28-9-12)10-29-23-31-17-4-2-3-5-19(17)33(23)22(27)34/h2-9H,10H2,1H3,(H2,27,34)(H,29,31). The van der Waals surface area contributed by atoms with Gasteiger partial charge in [0.1, 0.15) is 5.82 Å². The van der Waals surface area contributed by atoms with Crippen molar-refractivity contribution in [2.45, 2.75) is 13.5 Å². The van der Waals surface area contributed by atoms with E-state index >= 15 is 4.39 Å². The molecule has 12 heteroatoms. The SMILES string of the molecule is Cc1nc(-c2c(Cl)cc(Cl)cc2-c2cnc(CNc3nc4ccccc4n3C(N)=O)c(F)c2)no1. The molecule has 3 heterocycles. The summed E-state index contributed by atoms with van der Waals surface area (Å²) in [4.78, 5) is 24.8. The molecule has 3 aromatic heterocycles. The Labute approximate surface area is 207 Å². The van der Waals surface area contributed by atoms with Crippen molar-refractivity contribution >= 4 is 46.2 Å². The number of carbonyl (C=O) groups is 1. The second kappa shape index (κ2) is 8.97. The van der Waals surface area contributed by atoms with Crippen molar-refractivity contribution in [3.8, 4) is 22.5 Å². The van der Waals surface area contributed by atoms with Gasteiger partial charge in [-0.25, -0.2) is 18.7 Å². The van der Waals surface area contributed by atoms with Gasteiger partial charge in [-0.3, -0.25) is 4.98 Å².